The number of aryl methyl sites for hydroxylation is 1. The van der Waals surface area contributed by atoms with Gasteiger partial charge in [-0.1, -0.05) is 6.07 Å². The summed E-state index contributed by atoms with van der Waals surface area (Å²) >= 11 is 0. The molecule has 0 aliphatic rings. The van der Waals surface area contributed by atoms with Crippen molar-refractivity contribution in [3.8, 4) is 11.5 Å². The molecular formula is C21H11F5N2O2. The van der Waals surface area contributed by atoms with Crippen LogP contribution in [0.15, 0.2) is 46.9 Å². The van der Waals surface area contributed by atoms with Crippen LogP contribution in [0.5, 0.6) is 0 Å². The van der Waals surface area contributed by atoms with Gasteiger partial charge in [-0.3, -0.25) is 4.79 Å². The first-order valence-corrected chi connectivity index (χ1v) is 8.56. The smallest absolute Gasteiger partial charge is 0.261 e. The van der Waals surface area contributed by atoms with Gasteiger partial charge in [0, 0.05) is 11.3 Å². The molecule has 0 aliphatic heterocycles. The normalized spacial score (nSPS) is 11.1. The second kappa shape index (κ2) is 7.25. The highest BCUT2D eigenvalue weighted by molar-refractivity contribution is 6.04. The second-order valence-electron chi connectivity index (χ2n) is 6.47. The Morgan fingerprint density at radius 2 is 1.47 bits per heavy atom. The third kappa shape index (κ3) is 3.28. The fraction of sp³-hybridized carbons (Fsp3) is 0.0476. The third-order valence-electron chi connectivity index (χ3n) is 4.37. The molecule has 0 saturated heterocycles. The van der Waals surface area contributed by atoms with E-state index in [1.54, 1.807) is 6.07 Å². The number of fused-ring (bicyclic) bond motifs is 1. The van der Waals surface area contributed by atoms with E-state index in [4.69, 9.17) is 4.42 Å². The van der Waals surface area contributed by atoms with Gasteiger partial charge in [0.25, 0.3) is 5.91 Å². The molecule has 4 rings (SSSR count). The quantitative estimate of drug-likeness (QED) is 0.262. The van der Waals surface area contributed by atoms with E-state index in [0.717, 1.165) is 5.56 Å². The number of benzene rings is 3. The summed E-state index contributed by atoms with van der Waals surface area (Å²) in [5.41, 5.74) is 1.30. The Morgan fingerprint density at radius 1 is 0.867 bits per heavy atom. The average Bonchev–Trinajstić information content (AvgIpc) is 3.14. The monoisotopic (exact) mass is 418 g/mol. The summed E-state index contributed by atoms with van der Waals surface area (Å²) in [6, 6.07) is 11.3. The molecule has 0 fully saturated rings. The van der Waals surface area contributed by atoms with Crippen molar-refractivity contribution in [1.29, 1.82) is 0 Å². The van der Waals surface area contributed by atoms with E-state index < -0.39 is 40.6 Å². The summed E-state index contributed by atoms with van der Waals surface area (Å²) in [5.74, 6) is -12.3. The van der Waals surface area contributed by atoms with Crippen LogP contribution in [0.25, 0.3) is 22.6 Å². The predicted molar refractivity (Wildman–Crippen MR) is 98.4 cm³/mol. The molecule has 4 aromatic rings. The van der Waals surface area contributed by atoms with Gasteiger partial charge in [-0.05, 0) is 48.9 Å². The van der Waals surface area contributed by atoms with Crippen LogP contribution >= 0.6 is 0 Å². The minimum Gasteiger partial charge on any atom is -0.436 e. The lowest BCUT2D eigenvalue weighted by atomic mass is 10.1. The summed E-state index contributed by atoms with van der Waals surface area (Å²) < 4.78 is 72.9. The van der Waals surface area contributed by atoms with Gasteiger partial charge in [0.2, 0.25) is 11.7 Å². The van der Waals surface area contributed by atoms with Gasteiger partial charge in [0.1, 0.15) is 11.1 Å². The van der Waals surface area contributed by atoms with Crippen LogP contribution in [0.2, 0.25) is 0 Å². The first-order chi connectivity index (χ1) is 14.3. The molecule has 0 spiro atoms. The number of aromatic nitrogens is 1. The van der Waals surface area contributed by atoms with E-state index in [1.807, 2.05) is 19.1 Å². The Balaban J connectivity index is 1.60. The summed E-state index contributed by atoms with van der Waals surface area (Å²) in [6.07, 6.45) is 0. The van der Waals surface area contributed by atoms with Crippen molar-refractivity contribution in [2.75, 3.05) is 5.32 Å². The fourth-order valence-electron chi connectivity index (χ4n) is 2.85. The zero-order chi connectivity index (χ0) is 21.6. The Hall–Kier alpha value is -3.75. The van der Waals surface area contributed by atoms with Crippen molar-refractivity contribution < 1.29 is 31.2 Å². The van der Waals surface area contributed by atoms with Gasteiger partial charge < -0.3 is 9.73 Å². The molecule has 0 aliphatic carbocycles. The van der Waals surface area contributed by atoms with Gasteiger partial charge in [-0.15, -0.1) is 0 Å². The first kappa shape index (κ1) is 19.6. The number of hydrogen-bond donors (Lipinski definition) is 1. The van der Waals surface area contributed by atoms with Crippen LogP contribution in [-0.2, 0) is 0 Å². The summed E-state index contributed by atoms with van der Waals surface area (Å²) in [6.45, 7) is 1.91. The SMILES string of the molecule is Cc1ccc2nc(-c3ccc(NC(=O)c4c(F)c(F)c(F)c(F)c4F)cc3)oc2c1. The van der Waals surface area contributed by atoms with E-state index >= 15 is 0 Å². The van der Waals surface area contributed by atoms with Crippen molar-refractivity contribution >= 4 is 22.7 Å². The number of halogens is 5. The highest BCUT2D eigenvalue weighted by Crippen LogP contribution is 2.27. The van der Waals surface area contributed by atoms with Crippen LogP contribution in [-0.4, -0.2) is 10.9 Å². The molecule has 9 heteroatoms. The van der Waals surface area contributed by atoms with Crippen LogP contribution < -0.4 is 5.32 Å². The van der Waals surface area contributed by atoms with Gasteiger partial charge in [0.15, 0.2) is 28.9 Å². The van der Waals surface area contributed by atoms with E-state index in [2.05, 4.69) is 10.3 Å². The minimum atomic E-state index is -2.33. The number of anilines is 1. The predicted octanol–water partition coefficient (Wildman–Crippen LogP) is 5.75. The molecule has 1 aromatic heterocycles. The van der Waals surface area contributed by atoms with E-state index in [1.165, 1.54) is 24.3 Å². The molecule has 1 N–H and O–H groups in total. The van der Waals surface area contributed by atoms with E-state index in [-0.39, 0.29) is 5.69 Å². The van der Waals surface area contributed by atoms with Crippen LogP contribution in [0.3, 0.4) is 0 Å². The lowest BCUT2D eigenvalue weighted by molar-refractivity contribution is 0.101. The summed E-state index contributed by atoms with van der Waals surface area (Å²) in [4.78, 5) is 16.4. The molecule has 152 valence electrons. The van der Waals surface area contributed by atoms with Crippen LogP contribution in [0, 0.1) is 36.0 Å². The van der Waals surface area contributed by atoms with Crippen molar-refractivity contribution in [3.05, 3.63) is 82.7 Å². The molecule has 0 unspecified atom stereocenters. The number of nitrogens with one attached hydrogen (secondary N) is 1. The molecule has 3 aromatic carbocycles. The maximum absolute atomic E-state index is 13.8. The largest absolute Gasteiger partial charge is 0.436 e. The molecule has 1 heterocycles. The maximum Gasteiger partial charge on any atom is 0.261 e. The number of rotatable bonds is 3. The van der Waals surface area contributed by atoms with Crippen LogP contribution in [0.1, 0.15) is 15.9 Å². The number of oxazole rings is 1. The lowest BCUT2D eigenvalue weighted by Gasteiger charge is -2.09. The van der Waals surface area contributed by atoms with Crippen molar-refractivity contribution in [1.82, 2.24) is 4.98 Å². The molecule has 0 bridgehead atoms. The van der Waals surface area contributed by atoms with Gasteiger partial charge in [-0.25, -0.2) is 26.9 Å². The molecule has 0 saturated carbocycles. The average molecular weight is 418 g/mol. The first-order valence-electron chi connectivity index (χ1n) is 8.56. The Kier molecular flexibility index (Phi) is 4.73. The third-order valence-corrected chi connectivity index (χ3v) is 4.37. The Bertz CT molecular complexity index is 1270. The molecule has 1 amide bonds. The maximum atomic E-state index is 13.8. The number of amides is 1. The summed E-state index contributed by atoms with van der Waals surface area (Å²) in [7, 11) is 0. The molecule has 0 atom stereocenters. The van der Waals surface area contributed by atoms with E-state index in [0.29, 0.717) is 22.6 Å². The van der Waals surface area contributed by atoms with Crippen LogP contribution in [0.4, 0.5) is 27.6 Å². The standard InChI is InChI=1S/C21H11F5N2O2/c1-9-2-7-12-13(8-9)30-21(28-12)10-3-5-11(6-4-10)27-20(29)14-15(22)17(24)19(26)18(25)16(14)23/h2-8H,1H3,(H,27,29). The van der Waals surface area contributed by atoms with Crippen molar-refractivity contribution in [2.24, 2.45) is 0 Å². The minimum absolute atomic E-state index is 0.0691. The Morgan fingerprint density at radius 3 is 2.10 bits per heavy atom. The van der Waals surface area contributed by atoms with Crippen molar-refractivity contribution in [3.63, 3.8) is 0 Å². The number of nitrogens with zero attached hydrogens (tertiary/aromatic N) is 1. The van der Waals surface area contributed by atoms with Gasteiger partial charge in [-0.2, -0.15) is 0 Å². The lowest BCUT2D eigenvalue weighted by Crippen LogP contribution is -2.19. The fourth-order valence-corrected chi connectivity index (χ4v) is 2.85. The van der Waals surface area contributed by atoms with Gasteiger partial charge in [0.05, 0.1) is 0 Å². The molecular weight excluding hydrogens is 407 g/mol. The Labute approximate surface area is 166 Å². The summed E-state index contributed by atoms with van der Waals surface area (Å²) in [5, 5.41) is 2.10. The highest BCUT2D eigenvalue weighted by atomic mass is 19.2. The number of carbonyl (C=O) groups is 1. The zero-order valence-electron chi connectivity index (χ0n) is 15.2. The molecule has 0 radical (unpaired) electrons. The molecule has 4 nitrogen and oxygen atoms in total. The van der Waals surface area contributed by atoms with Gasteiger partial charge >= 0.3 is 0 Å². The molecule has 30 heavy (non-hydrogen) atoms. The highest BCUT2D eigenvalue weighted by Gasteiger charge is 2.29. The van der Waals surface area contributed by atoms with Crippen molar-refractivity contribution in [2.45, 2.75) is 6.92 Å². The number of carbonyl (C=O) groups excluding carboxylic acids is 1. The zero-order valence-corrected chi connectivity index (χ0v) is 15.2. The second-order valence-corrected chi connectivity index (χ2v) is 6.47. The topological polar surface area (TPSA) is 55.1 Å². The number of hydrogen-bond acceptors (Lipinski definition) is 3. The van der Waals surface area contributed by atoms with E-state index in [9.17, 15) is 26.7 Å².